The summed E-state index contributed by atoms with van der Waals surface area (Å²) < 4.78 is 0. The summed E-state index contributed by atoms with van der Waals surface area (Å²) in [6.07, 6.45) is 0. The van der Waals surface area contributed by atoms with Crippen molar-refractivity contribution in [3.63, 3.8) is 0 Å². The standard InChI is InChI=1S/C11H14N4S/c1-15(6-8-4-5-16-7-8)10-3-2-9(12)11(13)14-10/h2-5,7H,6,12H2,1H3,(H2,13,14). The number of anilines is 3. The Bertz CT molecular complexity index is 467. The lowest BCUT2D eigenvalue weighted by atomic mass is 10.3. The van der Waals surface area contributed by atoms with Crippen molar-refractivity contribution >= 4 is 28.7 Å². The predicted molar refractivity (Wildman–Crippen MR) is 69.5 cm³/mol. The van der Waals surface area contributed by atoms with Crippen molar-refractivity contribution in [3.8, 4) is 0 Å². The van der Waals surface area contributed by atoms with Crippen LogP contribution in [0, 0.1) is 0 Å². The van der Waals surface area contributed by atoms with Gasteiger partial charge in [-0.3, -0.25) is 0 Å². The molecule has 2 aromatic heterocycles. The highest BCUT2D eigenvalue weighted by atomic mass is 32.1. The first-order chi connectivity index (χ1) is 7.66. The number of pyridine rings is 1. The van der Waals surface area contributed by atoms with Crippen LogP contribution >= 0.6 is 11.3 Å². The minimum absolute atomic E-state index is 0.384. The Morgan fingerprint density at radius 3 is 2.75 bits per heavy atom. The Morgan fingerprint density at radius 1 is 1.31 bits per heavy atom. The van der Waals surface area contributed by atoms with Crippen LogP contribution in [0.15, 0.2) is 29.0 Å². The second-order valence-electron chi connectivity index (χ2n) is 3.63. The molecule has 0 aliphatic heterocycles. The third kappa shape index (κ3) is 2.25. The Hall–Kier alpha value is -1.75. The molecule has 0 aromatic carbocycles. The van der Waals surface area contributed by atoms with Gasteiger partial charge in [0.1, 0.15) is 11.6 Å². The van der Waals surface area contributed by atoms with Crippen LogP contribution in [0.3, 0.4) is 0 Å². The Kier molecular flexibility index (Phi) is 2.96. The zero-order valence-electron chi connectivity index (χ0n) is 9.05. The van der Waals surface area contributed by atoms with Crippen molar-refractivity contribution in [1.82, 2.24) is 4.98 Å². The van der Waals surface area contributed by atoms with Crippen molar-refractivity contribution in [3.05, 3.63) is 34.5 Å². The quantitative estimate of drug-likeness (QED) is 0.851. The van der Waals surface area contributed by atoms with Crippen LogP contribution in [-0.4, -0.2) is 12.0 Å². The van der Waals surface area contributed by atoms with Crippen molar-refractivity contribution in [2.75, 3.05) is 23.4 Å². The summed E-state index contributed by atoms with van der Waals surface area (Å²) in [6, 6.07) is 5.75. The number of hydrogen-bond donors (Lipinski definition) is 2. The van der Waals surface area contributed by atoms with Gasteiger partial charge in [0.15, 0.2) is 0 Å². The normalized spacial score (nSPS) is 10.3. The lowest BCUT2D eigenvalue weighted by Crippen LogP contribution is -2.17. The fraction of sp³-hybridized carbons (Fsp3) is 0.182. The molecule has 84 valence electrons. The van der Waals surface area contributed by atoms with Crippen molar-refractivity contribution in [2.24, 2.45) is 0 Å². The third-order valence-electron chi connectivity index (χ3n) is 2.33. The Morgan fingerprint density at radius 2 is 2.12 bits per heavy atom. The van der Waals surface area contributed by atoms with E-state index >= 15 is 0 Å². The second kappa shape index (κ2) is 4.40. The smallest absolute Gasteiger partial charge is 0.149 e. The van der Waals surface area contributed by atoms with Crippen molar-refractivity contribution in [2.45, 2.75) is 6.54 Å². The van der Waals surface area contributed by atoms with E-state index in [4.69, 9.17) is 11.5 Å². The molecule has 5 heteroatoms. The molecule has 2 rings (SSSR count). The zero-order valence-corrected chi connectivity index (χ0v) is 9.87. The minimum atomic E-state index is 0.384. The molecule has 0 fully saturated rings. The molecule has 2 aromatic rings. The topological polar surface area (TPSA) is 68.2 Å². The molecule has 4 nitrogen and oxygen atoms in total. The summed E-state index contributed by atoms with van der Waals surface area (Å²) in [7, 11) is 1.98. The van der Waals surface area contributed by atoms with Crippen LogP contribution in [0.5, 0.6) is 0 Å². The number of hydrogen-bond acceptors (Lipinski definition) is 5. The van der Waals surface area contributed by atoms with Crippen LogP contribution in [0.1, 0.15) is 5.56 Å². The highest BCUT2D eigenvalue weighted by Gasteiger charge is 2.05. The first kappa shape index (κ1) is 10.8. The summed E-state index contributed by atoms with van der Waals surface area (Å²) in [5.74, 6) is 1.22. The van der Waals surface area contributed by atoms with Crippen LogP contribution in [0.25, 0.3) is 0 Å². The maximum atomic E-state index is 5.67. The maximum Gasteiger partial charge on any atom is 0.149 e. The number of nitrogens with zero attached hydrogens (tertiary/aromatic N) is 2. The van der Waals surface area contributed by atoms with E-state index in [0.29, 0.717) is 11.5 Å². The summed E-state index contributed by atoms with van der Waals surface area (Å²) in [5.41, 5.74) is 13.1. The number of rotatable bonds is 3. The Balaban J connectivity index is 2.14. The van der Waals surface area contributed by atoms with E-state index in [0.717, 1.165) is 12.4 Å². The number of nitrogens with two attached hydrogens (primary N) is 2. The van der Waals surface area contributed by atoms with Gasteiger partial charge in [-0.2, -0.15) is 11.3 Å². The molecule has 0 aliphatic carbocycles. The van der Waals surface area contributed by atoms with E-state index < -0.39 is 0 Å². The van der Waals surface area contributed by atoms with E-state index in [1.807, 2.05) is 18.0 Å². The van der Waals surface area contributed by atoms with Crippen molar-refractivity contribution in [1.29, 1.82) is 0 Å². The van der Waals surface area contributed by atoms with Crippen LogP contribution < -0.4 is 16.4 Å². The van der Waals surface area contributed by atoms with Crippen LogP contribution in [0.4, 0.5) is 17.3 Å². The molecule has 0 bridgehead atoms. The molecule has 16 heavy (non-hydrogen) atoms. The average Bonchev–Trinajstić information content (AvgIpc) is 2.74. The van der Waals surface area contributed by atoms with Gasteiger partial charge in [-0.15, -0.1) is 0 Å². The number of aromatic nitrogens is 1. The molecule has 0 spiro atoms. The van der Waals surface area contributed by atoms with E-state index in [-0.39, 0.29) is 0 Å². The fourth-order valence-electron chi connectivity index (χ4n) is 1.42. The van der Waals surface area contributed by atoms with Gasteiger partial charge in [0.05, 0.1) is 5.69 Å². The molecule has 2 heterocycles. The van der Waals surface area contributed by atoms with Gasteiger partial charge in [0, 0.05) is 13.6 Å². The molecule has 0 radical (unpaired) electrons. The van der Waals surface area contributed by atoms with Crippen molar-refractivity contribution < 1.29 is 0 Å². The maximum absolute atomic E-state index is 5.67. The molecule has 0 saturated carbocycles. The van der Waals surface area contributed by atoms with Gasteiger partial charge in [-0.1, -0.05) is 0 Å². The molecular formula is C11H14N4S. The number of nitrogen functional groups attached to an aromatic ring is 2. The molecule has 0 aliphatic rings. The summed E-state index contributed by atoms with van der Waals surface area (Å²) in [6.45, 7) is 0.819. The molecular weight excluding hydrogens is 220 g/mol. The lowest BCUT2D eigenvalue weighted by Gasteiger charge is -2.18. The highest BCUT2D eigenvalue weighted by molar-refractivity contribution is 7.07. The Labute approximate surface area is 98.5 Å². The fourth-order valence-corrected chi connectivity index (χ4v) is 2.08. The van der Waals surface area contributed by atoms with Gasteiger partial charge in [0.25, 0.3) is 0 Å². The first-order valence-electron chi connectivity index (χ1n) is 4.91. The lowest BCUT2D eigenvalue weighted by molar-refractivity contribution is 0.904. The molecule has 0 atom stereocenters. The minimum Gasteiger partial charge on any atom is -0.396 e. The predicted octanol–water partition coefficient (Wildman–Crippen LogP) is 1.94. The summed E-state index contributed by atoms with van der Waals surface area (Å²) in [4.78, 5) is 6.27. The first-order valence-corrected chi connectivity index (χ1v) is 5.85. The van der Waals surface area contributed by atoms with E-state index in [9.17, 15) is 0 Å². The molecule has 0 amide bonds. The zero-order chi connectivity index (χ0) is 11.5. The largest absolute Gasteiger partial charge is 0.396 e. The average molecular weight is 234 g/mol. The molecule has 4 N–H and O–H groups in total. The second-order valence-corrected chi connectivity index (χ2v) is 4.41. The van der Waals surface area contributed by atoms with Gasteiger partial charge < -0.3 is 16.4 Å². The van der Waals surface area contributed by atoms with Crippen LogP contribution in [-0.2, 0) is 6.54 Å². The monoisotopic (exact) mass is 234 g/mol. The highest BCUT2D eigenvalue weighted by Crippen LogP contribution is 2.19. The summed E-state index contributed by atoms with van der Waals surface area (Å²) >= 11 is 1.69. The van der Waals surface area contributed by atoms with Gasteiger partial charge in [-0.05, 0) is 34.5 Å². The van der Waals surface area contributed by atoms with E-state index in [1.54, 1.807) is 17.4 Å². The molecule has 0 unspecified atom stereocenters. The molecule has 0 saturated heterocycles. The van der Waals surface area contributed by atoms with Crippen LogP contribution in [0.2, 0.25) is 0 Å². The SMILES string of the molecule is CN(Cc1ccsc1)c1ccc(N)c(N)n1. The third-order valence-corrected chi connectivity index (χ3v) is 3.07. The summed E-state index contributed by atoms with van der Waals surface area (Å²) in [5, 5.41) is 4.19. The van der Waals surface area contributed by atoms with Gasteiger partial charge in [0.2, 0.25) is 0 Å². The van der Waals surface area contributed by atoms with E-state index in [2.05, 4.69) is 21.8 Å². The van der Waals surface area contributed by atoms with E-state index in [1.165, 1.54) is 5.56 Å². The van der Waals surface area contributed by atoms with Gasteiger partial charge >= 0.3 is 0 Å². The van der Waals surface area contributed by atoms with Gasteiger partial charge in [-0.25, -0.2) is 4.98 Å². The number of thiophene rings is 1.